The highest BCUT2D eigenvalue weighted by atomic mass is 79.9. The molecule has 2 aromatic rings. The number of rotatable bonds is 4. The quantitative estimate of drug-likeness (QED) is 0.584. The van der Waals surface area contributed by atoms with E-state index in [0.29, 0.717) is 11.9 Å². The molecule has 26 heavy (non-hydrogen) atoms. The molecule has 0 saturated carbocycles. The van der Waals surface area contributed by atoms with Crippen molar-refractivity contribution in [2.24, 2.45) is 16.6 Å². The molecule has 4 rings (SSSR count). The highest BCUT2D eigenvalue weighted by Gasteiger charge is 2.22. The zero-order valence-corrected chi connectivity index (χ0v) is 16.5. The standard InChI is InChI=1S/C21H25BrN4/c22-18-5-2-6-20(12-18)26-10-9-15(14-26)13-24-21(23)25-19-8-7-16-3-1-4-17(16)11-19/h2,5-8,11-12,15H,1,3-4,9-10,13-14H2,(H3,23,24,25). The van der Waals surface area contributed by atoms with Crippen LogP contribution >= 0.6 is 15.9 Å². The van der Waals surface area contributed by atoms with Crippen LogP contribution in [0.1, 0.15) is 24.0 Å². The van der Waals surface area contributed by atoms with Gasteiger partial charge < -0.3 is 16.0 Å². The van der Waals surface area contributed by atoms with Crippen molar-refractivity contribution in [3.05, 3.63) is 58.1 Å². The van der Waals surface area contributed by atoms with Crippen molar-refractivity contribution >= 4 is 33.3 Å². The van der Waals surface area contributed by atoms with Crippen molar-refractivity contribution in [1.29, 1.82) is 0 Å². The second kappa shape index (κ2) is 7.70. The average Bonchev–Trinajstić information content (AvgIpc) is 3.29. The molecule has 0 bridgehead atoms. The summed E-state index contributed by atoms with van der Waals surface area (Å²) in [5.74, 6) is 1.07. The van der Waals surface area contributed by atoms with Crippen LogP contribution in [0.25, 0.3) is 0 Å². The van der Waals surface area contributed by atoms with Crippen LogP contribution in [0.3, 0.4) is 0 Å². The number of benzene rings is 2. The first-order valence-corrected chi connectivity index (χ1v) is 10.2. The van der Waals surface area contributed by atoms with Crippen molar-refractivity contribution in [3.63, 3.8) is 0 Å². The highest BCUT2D eigenvalue weighted by Crippen LogP contribution is 2.27. The van der Waals surface area contributed by atoms with Gasteiger partial charge in [-0.25, -0.2) is 0 Å². The zero-order chi connectivity index (χ0) is 17.9. The fourth-order valence-electron chi connectivity index (χ4n) is 3.95. The Labute approximate surface area is 163 Å². The lowest BCUT2D eigenvalue weighted by Gasteiger charge is -2.18. The van der Waals surface area contributed by atoms with Crippen LogP contribution in [0.5, 0.6) is 0 Å². The molecule has 5 heteroatoms. The molecule has 3 N–H and O–H groups in total. The molecule has 0 aromatic heterocycles. The Morgan fingerprint density at radius 2 is 2.08 bits per heavy atom. The number of anilines is 2. The van der Waals surface area contributed by atoms with Crippen LogP contribution < -0.4 is 16.0 Å². The Morgan fingerprint density at radius 3 is 2.96 bits per heavy atom. The van der Waals surface area contributed by atoms with Gasteiger partial charge in [0.2, 0.25) is 0 Å². The Balaban J connectivity index is 1.32. The first-order chi connectivity index (χ1) is 12.7. The van der Waals surface area contributed by atoms with Gasteiger partial charge in [-0.05, 0) is 73.1 Å². The fourth-order valence-corrected chi connectivity index (χ4v) is 4.34. The zero-order valence-electron chi connectivity index (χ0n) is 14.9. The van der Waals surface area contributed by atoms with Gasteiger partial charge in [0.1, 0.15) is 0 Å². The number of nitrogens with zero attached hydrogens (tertiary/aromatic N) is 2. The van der Waals surface area contributed by atoms with Crippen LogP contribution in [-0.2, 0) is 12.8 Å². The van der Waals surface area contributed by atoms with Crippen LogP contribution in [0.15, 0.2) is 51.9 Å². The van der Waals surface area contributed by atoms with E-state index in [1.807, 2.05) is 0 Å². The summed E-state index contributed by atoms with van der Waals surface area (Å²) in [6.07, 6.45) is 4.80. The summed E-state index contributed by atoms with van der Waals surface area (Å²) in [6, 6.07) is 15.0. The first-order valence-electron chi connectivity index (χ1n) is 9.36. The summed E-state index contributed by atoms with van der Waals surface area (Å²) in [4.78, 5) is 7.01. The molecule has 0 radical (unpaired) electrons. The van der Waals surface area contributed by atoms with E-state index in [1.165, 1.54) is 36.1 Å². The molecule has 136 valence electrons. The van der Waals surface area contributed by atoms with E-state index in [1.54, 1.807) is 0 Å². The summed E-state index contributed by atoms with van der Waals surface area (Å²) in [5.41, 5.74) is 11.4. The number of aliphatic imine (C=N–C) groups is 1. The third kappa shape index (κ3) is 4.04. The van der Waals surface area contributed by atoms with Crippen LogP contribution in [0, 0.1) is 5.92 Å². The molecule has 1 aliphatic carbocycles. The van der Waals surface area contributed by atoms with Crippen molar-refractivity contribution in [2.45, 2.75) is 25.7 Å². The van der Waals surface area contributed by atoms with Crippen LogP contribution in [-0.4, -0.2) is 25.6 Å². The second-order valence-electron chi connectivity index (χ2n) is 7.27. The van der Waals surface area contributed by atoms with Gasteiger partial charge in [-0.2, -0.15) is 0 Å². The topological polar surface area (TPSA) is 53.6 Å². The third-order valence-electron chi connectivity index (χ3n) is 5.35. The van der Waals surface area contributed by atoms with Gasteiger partial charge in [0, 0.05) is 35.5 Å². The predicted molar refractivity (Wildman–Crippen MR) is 113 cm³/mol. The van der Waals surface area contributed by atoms with E-state index in [4.69, 9.17) is 5.73 Å². The van der Waals surface area contributed by atoms with E-state index in [9.17, 15) is 0 Å². The Bertz CT molecular complexity index is 817. The predicted octanol–water partition coefficient (Wildman–Crippen LogP) is 4.19. The van der Waals surface area contributed by atoms with Crippen molar-refractivity contribution in [2.75, 3.05) is 29.9 Å². The molecule has 1 heterocycles. The number of guanidine groups is 1. The molecule has 1 unspecified atom stereocenters. The molecule has 1 atom stereocenters. The normalized spacial score (nSPS) is 19.7. The summed E-state index contributed by atoms with van der Waals surface area (Å²) < 4.78 is 1.12. The molecule has 1 saturated heterocycles. The molecule has 1 fully saturated rings. The van der Waals surface area contributed by atoms with Crippen molar-refractivity contribution in [3.8, 4) is 0 Å². The van der Waals surface area contributed by atoms with Gasteiger partial charge >= 0.3 is 0 Å². The first kappa shape index (κ1) is 17.4. The van der Waals surface area contributed by atoms with Crippen molar-refractivity contribution < 1.29 is 0 Å². The second-order valence-corrected chi connectivity index (χ2v) is 8.18. The summed E-state index contributed by atoms with van der Waals surface area (Å²) in [5, 5.41) is 3.25. The lowest BCUT2D eigenvalue weighted by Crippen LogP contribution is -2.25. The minimum absolute atomic E-state index is 0.517. The Morgan fingerprint density at radius 1 is 1.19 bits per heavy atom. The number of hydrogen-bond donors (Lipinski definition) is 2. The van der Waals surface area contributed by atoms with Gasteiger partial charge in [-0.15, -0.1) is 0 Å². The molecule has 2 aliphatic rings. The number of fused-ring (bicyclic) bond motifs is 1. The maximum atomic E-state index is 6.11. The van der Waals surface area contributed by atoms with Crippen LogP contribution in [0.2, 0.25) is 0 Å². The SMILES string of the molecule is NC(=NCC1CCN(c2cccc(Br)c2)C1)Nc1ccc2c(c1)CCC2. The molecule has 2 aromatic carbocycles. The number of nitrogens with two attached hydrogens (primary N) is 1. The summed E-state index contributed by atoms with van der Waals surface area (Å²) in [6.45, 7) is 2.88. The van der Waals surface area contributed by atoms with E-state index in [2.05, 4.69) is 73.6 Å². The van der Waals surface area contributed by atoms with Gasteiger partial charge in [-0.3, -0.25) is 4.99 Å². The van der Waals surface area contributed by atoms with E-state index in [-0.39, 0.29) is 0 Å². The Hall–Kier alpha value is -2.01. The van der Waals surface area contributed by atoms with E-state index >= 15 is 0 Å². The maximum absolute atomic E-state index is 6.11. The lowest BCUT2D eigenvalue weighted by molar-refractivity contribution is 0.603. The fraction of sp³-hybridized carbons (Fsp3) is 0.381. The molecule has 1 aliphatic heterocycles. The minimum atomic E-state index is 0.517. The number of halogens is 1. The monoisotopic (exact) mass is 412 g/mol. The van der Waals surface area contributed by atoms with E-state index in [0.717, 1.165) is 36.2 Å². The highest BCUT2D eigenvalue weighted by molar-refractivity contribution is 9.10. The Kier molecular flexibility index (Phi) is 5.16. The largest absolute Gasteiger partial charge is 0.371 e. The van der Waals surface area contributed by atoms with E-state index < -0.39 is 0 Å². The smallest absolute Gasteiger partial charge is 0.193 e. The molecular formula is C21H25BrN4. The molecule has 0 spiro atoms. The third-order valence-corrected chi connectivity index (χ3v) is 5.84. The minimum Gasteiger partial charge on any atom is -0.371 e. The lowest BCUT2D eigenvalue weighted by atomic mass is 10.1. The maximum Gasteiger partial charge on any atom is 0.193 e. The number of hydrogen-bond acceptors (Lipinski definition) is 2. The summed E-state index contributed by atoms with van der Waals surface area (Å²) >= 11 is 3.55. The summed E-state index contributed by atoms with van der Waals surface area (Å²) in [7, 11) is 0. The van der Waals surface area contributed by atoms with Crippen LogP contribution in [0.4, 0.5) is 11.4 Å². The number of nitrogens with one attached hydrogen (secondary N) is 1. The molecule has 0 amide bonds. The average molecular weight is 413 g/mol. The van der Waals surface area contributed by atoms with Gasteiger partial charge in [0.15, 0.2) is 5.96 Å². The molecular weight excluding hydrogens is 388 g/mol. The van der Waals surface area contributed by atoms with Gasteiger partial charge in [-0.1, -0.05) is 28.1 Å². The number of aryl methyl sites for hydroxylation is 2. The van der Waals surface area contributed by atoms with Gasteiger partial charge in [0.25, 0.3) is 0 Å². The van der Waals surface area contributed by atoms with Crippen molar-refractivity contribution in [1.82, 2.24) is 0 Å². The van der Waals surface area contributed by atoms with Gasteiger partial charge in [0.05, 0.1) is 0 Å². The molecule has 4 nitrogen and oxygen atoms in total.